The van der Waals surface area contributed by atoms with E-state index in [0.29, 0.717) is 21.7 Å². The van der Waals surface area contributed by atoms with Crippen LogP contribution in [0.15, 0.2) is 47.6 Å². The predicted molar refractivity (Wildman–Crippen MR) is 111 cm³/mol. The highest BCUT2D eigenvalue weighted by Crippen LogP contribution is 2.19. The molecule has 7 nitrogen and oxygen atoms in total. The van der Waals surface area contributed by atoms with Gasteiger partial charge in [-0.3, -0.25) is 4.79 Å². The quantitative estimate of drug-likeness (QED) is 0.450. The summed E-state index contributed by atoms with van der Waals surface area (Å²) in [7, 11) is 0. The first-order chi connectivity index (χ1) is 13.4. The van der Waals surface area contributed by atoms with E-state index in [-0.39, 0.29) is 18.3 Å². The third-order valence-corrected chi connectivity index (χ3v) is 4.95. The summed E-state index contributed by atoms with van der Waals surface area (Å²) in [5, 5.41) is 11.9. The van der Waals surface area contributed by atoms with Gasteiger partial charge in [-0.2, -0.15) is 0 Å². The molecular weight excluding hydrogens is 398 g/mol. The normalized spacial score (nSPS) is 10.7. The van der Waals surface area contributed by atoms with Gasteiger partial charge in [0.2, 0.25) is 11.1 Å². The Morgan fingerprint density at radius 1 is 1.18 bits per heavy atom. The molecule has 0 aliphatic rings. The molecule has 1 aromatic heterocycles. The largest absolute Gasteiger partial charge is 0.486 e. The molecular formula is C19H20ClN5O2S. The minimum Gasteiger partial charge on any atom is -0.486 e. The SMILES string of the molecule is Cc1cc(C)cc(OCc2nnc(SCC(=O)Nc3ccc(Cl)cc3)n2N)c1. The number of thioether (sulfide) groups is 1. The van der Waals surface area contributed by atoms with E-state index < -0.39 is 0 Å². The van der Waals surface area contributed by atoms with Crippen molar-refractivity contribution in [3.63, 3.8) is 0 Å². The molecule has 3 N–H and O–H groups in total. The summed E-state index contributed by atoms with van der Waals surface area (Å²) in [5.74, 6) is 7.22. The number of nitrogens with one attached hydrogen (secondary N) is 1. The molecule has 3 rings (SSSR count). The van der Waals surface area contributed by atoms with Gasteiger partial charge in [-0.05, 0) is 61.4 Å². The van der Waals surface area contributed by atoms with E-state index in [1.165, 1.54) is 16.4 Å². The lowest BCUT2D eigenvalue weighted by Gasteiger charge is -2.08. The number of aryl methyl sites for hydroxylation is 2. The molecule has 2 aromatic carbocycles. The molecule has 0 spiro atoms. The molecule has 28 heavy (non-hydrogen) atoms. The van der Waals surface area contributed by atoms with Crippen LogP contribution in [-0.2, 0) is 11.4 Å². The third-order valence-electron chi connectivity index (χ3n) is 3.76. The number of ether oxygens (including phenoxy) is 1. The smallest absolute Gasteiger partial charge is 0.234 e. The number of aromatic nitrogens is 3. The molecule has 0 saturated carbocycles. The van der Waals surface area contributed by atoms with E-state index in [2.05, 4.69) is 21.6 Å². The van der Waals surface area contributed by atoms with Gasteiger partial charge >= 0.3 is 0 Å². The van der Waals surface area contributed by atoms with Crippen LogP contribution < -0.4 is 15.9 Å². The lowest BCUT2D eigenvalue weighted by Crippen LogP contribution is -2.18. The van der Waals surface area contributed by atoms with Crippen molar-refractivity contribution in [2.45, 2.75) is 25.6 Å². The van der Waals surface area contributed by atoms with Crippen LogP contribution in [0.4, 0.5) is 5.69 Å². The second kappa shape index (κ2) is 8.99. The summed E-state index contributed by atoms with van der Waals surface area (Å²) in [4.78, 5) is 12.1. The Balaban J connectivity index is 1.53. The number of carbonyl (C=O) groups excluding carboxylic acids is 1. The minimum atomic E-state index is -0.177. The Morgan fingerprint density at radius 3 is 2.54 bits per heavy atom. The second-order valence-electron chi connectivity index (χ2n) is 6.22. The Morgan fingerprint density at radius 2 is 1.86 bits per heavy atom. The molecule has 0 saturated heterocycles. The zero-order valence-electron chi connectivity index (χ0n) is 15.5. The van der Waals surface area contributed by atoms with Gasteiger partial charge in [-0.15, -0.1) is 10.2 Å². The Bertz CT molecular complexity index is 955. The van der Waals surface area contributed by atoms with Crippen molar-refractivity contribution in [1.29, 1.82) is 0 Å². The second-order valence-corrected chi connectivity index (χ2v) is 7.60. The molecule has 1 heterocycles. The molecule has 9 heteroatoms. The zero-order valence-corrected chi connectivity index (χ0v) is 17.0. The summed E-state index contributed by atoms with van der Waals surface area (Å²) in [6.45, 7) is 4.20. The average molecular weight is 418 g/mol. The van der Waals surface area contributed by atoms with Gasteiger partial charge in [0.15, 0.2) is 5.82 Å². The van der Waals surface area contributed by atoms with Gasteiger partial charge in [-0.1, -0.05) is 29.4 Å². The van der Waals surface area contributed by atoms with Gasteiger partial charge in [-0.25, -0.2) is 4.68 Å². The van der Waals surface area contributed by atoms with E-state index in [9.17, 15) is 4.79 Å². The van der Waals surface area contributed by atoms with Gasteiger partial charge in [0.25, 0.3) is 0 Å². The Labute approximate surface area is 172 Å². The van der Waals surface area contributed by atoms with Crippen molar-refractivity contribution in [2.24, 2.45) is 0 Å². The number of hydrogen-bond acceptors (Lipinski definition) is 6. The van der Waals surface area contributed by atoms with E-state index in [1.54, 1.807) is 24.3 Å². The van der Waals surface area contributed by atoms with Gasteiger partial charge in [0.1, 0.15) is 12.4 Å². The number of nitrogen functional groups attached to an aromatic ring is 1. The van der Waals surface area contributed by atoms with Gasteiger partial charge in [0, 0.05) is 10.7 Å². The number of anilines is 1. The molecule has 3 aromatic rings. The van der Waals surface area contributed by atoms with Crippen molar-refractivity contribution in [2.75, 3.05) is 16.9 Å². The number of nitrogens with zero attached hydrogens (tertiary/aromatic N) is 3. The van der Waals surface area contributed by atoms with E-state index in [0.717, 1.165) is 16.9 Å². The maximum absolute atomic E-state index is 12.1. The van der Waals surface area contributed by atoms with Crippen molar-refractivity contribution >= 4 is 35.0 Å². The van der Waals surface area contributed by atoms with Crippen LogP contribution in [0.3, 0.4) is 0 Å². The van der Waals surface area contributed by atoms with Crippen molar-refractivity contribution in [1.82, 2.24) is 14.9 Å². The Kier molecular flexibility index (Phi) is 6.43. The zero-order chi connectivity index (χ0) is 20.1. The first-order valence-corrected chi connectivity index (χ1v) is 9.86. The fourth-order valence-electron chi connectivity index (χ4n) is 2.53. The highest BCUT2D eigenvalue weighted by Gasteiger charge is 2.13. The summed E-state index contributed by atoms with van der Waals surface area (Å²) in [6, 6.07) is 12.9. The summed E-state index contributed by atoms with van der Waals surface area (Å²) in [6.07, 6.45) is 0. The molecule has 146 valence electrons. The minimum absolute atomic E-state index is 0.149. The van der Waals surface area contributed by atoms with Crippen LogP contribution >= 0.6 is 23.4 Å². The fraction of sp³-hybridized carbons (Fsp3) is 0.211. The van der Waals surface area contributed by atoms with Crippen LogP contribution in [0.25, 0.3) is 0 Å². The van der Waals surface area contributed by atoms with E-state index in [1.807, 2.05) is 26.0 Å². The highest BCUT2D eigenvalue weighted by molar-refractivity contribution is 7.99. The van der Waals surface area contributed by atoms with Crippen LogP contribution in [0, 0.1) is 13.8 Å². The summed E-state index contributed by atoms with van der Waals surface area (Å²) < 4.78 is 7.10. The van der Waals surface area contributed by atoms with Crippen molar-refractivity contribution < 1.29 is 9.53 Å². The van der Waals surface area contributed by atoms with Crippen LogP contribution in [0.1, 0.15) is 17.0 Å². The van der Waals surface area contributed by atoms with Gasteiger partial charge in [0.05, 0.1) is 5.75 Å². The first kappa shape index (κ1) is 20.0. The standard InChI is InChI=1S/C19H20ClN5O2S/c1-12-7-13(2)9-16(8-12)27-10-17-23-24-19(25(17)21)28-11-18(26)22-15-5-3-14(20)4-6-15/h3-9H,10-11,21H2,1-2H3,(H,22,26). The number of carbonyl (C=O) groups is 1. The maximum Gasteiger partial charge on any atom is 0.234 e. The predicted octanol–water partition coefficient (Wildman–Crippen LogP) is 3.57. The third kappa shape index (κ3) is 5.40. The van der Waals surface area contributed by atoms with Crippen LogP contribution in [-0.4, -0.2) is 26.5 Å². The molecule has 0 aliphatic heterocycles. The monoisotopic (exact) mass is 417 g/mol. The Hall–Kier alpha value is -2.71. The molecule has 0 radical (unpaired) electrons. The molecule has 0 atom stereocenters. The number of benzene rings is 2. The van der Waals surface area contributed by atoms with Crippen molar-refractivity contribution in [3.8, 4) is 5.75 Å². The number of hydrogen-bond donors (Lipinski definition) is 2. The molecule has 0 aliphatic carbocycles. The fourth-order valence-corrected chi connectivity index (χ4v) is 3.33. The molecule has 1 amide bonds. The number of rotatable bonds is 7. The molecule has 0 bridgehead atoms. The lowest BCUT2D eigenvalue weighted by atomic mass is 10.1. The lowest BCUT2D eigenvalue weighted by molar-refractivity contribution is -0.113. The number of nitrogens with two attached hydrogens (primary N) is 1. The maximum atomic E-state index is 12.1. The van der Waals surface area contributed by atoms with Gasteiger partial charge < -0.3 is 15.9 Å². The van der Waals surface area contributed by atoms with Crippen molar-refractivity contribution in [3.05, 3.63) is 64.4 Å². The molecule has 0 fully saturated rings. The summed E-state index contributed by atoms with van der Waals surface area (Å²) >= 11 is 7.03. The molecule has 0 unspecified atom stereocenters. The number of halogens is 1. The van der Waals surface area contributed by atoms with E-state index >= 15 is 0 Å². The number of amides is 1. The highest BCUT2D eigenvalue weighted by atomic mass is 35.5. The van der Waals surface area contributed by atoms with Crippen LogP contribution in [0.5, 0.6) is 5.75 Å². The summed E-state index contributed by atoms with van der Waals surface area (Å²) in [5.41, 5.74) is 2.91. The first-order valence-electron chi connectivity index (χ1n) is 8.49. The van der Waals surface area contributed by atoms with Crippen LogP contribution in [0.2, 0.25) is 5.02 Å². The topological polar surface area (TPSA) is 95.1 Å². The van der Waals surface area contributed by atoms with E-state index in [4.69, 9.17) is 22.2 Å². The average Bonchev–Trinajstić information content (AvgIpc) is 2.99.